The van der Waals surface area contributed by atoms with Crippen molar-refractivity contribution in [2.75, 3.05) is 13.7 Å². The molecule has 3 rings (SSSR count). The minimum Gasteiger partial charge on any atom is -0.478 e. The lowest BCUT2D eigenvalue weighted by atomic mass is 10.1. The molecule has 0 aliphatic rings. The molecule has 0 spiro atoms. The zero-order valence-corrected chi connectivity index (χ0v) is 14.5. The third kappa shape index (κ3) is 4.63. The molecule has 6 nitrogen and oxygen atoms in total. The van der Waals surface area contributed by atoms with Crippen LogP contribution in [0.5, 0.6) is 5.88 Å². The number of aromatic nitrogens is 3. The van der Waals surface area contributed by atoms with Gasteiger partial charge in [-0.05, 0) is 18.6 Å². The van der Waals surface area contributed by atoms with Crippen molar-refractivity contribution in [3.05, 3.63) is 60.9 Å². The fourth-order valence-corrected chi connectivity index (χ4v) is 2.37. The van der Waals surface area contributed by atoms with E-state index in [2.05, 4.69) is 19.7 Å². The van der Waals surface area contributed by atoms with Gasteiger partial charge in [0.05, 0.1) is 19.4 Å². The second-order valence-electron chi connectivity index (χ2n) is 5.55. The third-order valence-corrected chi connectivity index (χ3v) is 3.69. The van der Waals surface area contributed by atoms with Gasteiger partial charge in [0.25, 0.3) is 0 Å². The maximum Gasteiger partial charge on any atom is 0.305 e. The standard InChI is InChI=1S/C20H19N3O3/c1-25-19(24)10-6-12-26-18-13-17(16-9-5-11-21-14-16)22-20(23-18)15-7-3-2-4-8-15/h2-5,7-9,11,13-14H,6,10,12H2,1H3. The number of carbonyl (C=O) groups is 1. The van der Waals surface area contributed by atoms with Gasteiger partial charge >= 0.3 is 5.97 Å². The highest BCUT2D eigenvalue weighted by molar-refractivity contribution is 5.69. The third-order valence-electron chi connectivity index (χ3n) is 3.69. The summed E-state index contributed by atoms with van der Waals surface area (Å²) in [7, 11) is 1.37. The van der Waals surface area contributed by atoms with Crippen molar-refractivity contribution in [3.8, 4) is 28.5 Å². The number of pyridine rings is 1. The van der Waals surface area contributed by atoms with Crippen LogP contribution in [0, 0.1) is 0 Å². The van der Waals surface area contributed by atoms with Gasteiger partial charge < -0.3 is 9.47 Å². The first-order valence-corrected chi connectivity index (χ1v) is 8.31. The Morgan fingerprint density at radius 1 is 1.04 bits per heavy atom. The summed E-state index contributed by atoms with van der Waals surface area (Å²) >= 11 is 0. The summed E-state index contributed by atoms with van der Waals surface area (Å²) in [6, 6.07) is 15.3. The molecule has 26 heavy (non-hydrogen) atoms. The Hall–Kier alpha value is -3.28. The van der Waals surface area contributed by atoms with Gasteiger partial charge in [0.1, 0.15) is 0 Å². The lowest BCUT2D eigenvalue weighted by molar-refractivity contribution is -0.140. The number of carbonyl (C=O) groups excluding carboxylic acids is 1. The van der Waals surface area contributed by atoms with Crippen LogP contribution >= 0.6 is 0 Å². The Morgan fingerprint density at radius 2 is 1.85 bits per heavy atom. The van der Waals surface area contributed by atoms with Crippen molar-refractivity contribution < 1.29 is 14.3 Å². The van der Waals surface area contributed by atoms with Crippen LogP contribution in [0.4, 0.5) is 0 Å². The molecule has 3 aromatic rings. The van der Waals surface area contributed by atoms with E-state index in [1.807, 2.05) is 42.5 Å². The van der Waals surface area contributed by atoms with Crippen LogP contribution in [0.1, 0.15) is 12.8 Å². The summed E-state index contributed by atoms with van der Waals surface area (Å²) in [4.78, 5) is 24.5. The van der Waals surface area contributed by atoms with Gasteiger partial charge in [-0.2, -0.15) is 4.98 Å². The molecule has 0 aliphatic carbocycles. The number of hydrogen-bond donors (Lipinski definition) is 0. The molecule has 0 N–H and O–H groups in total. The molecule has 6 heteroatoms. The maximum absolute atomic E-state index is 11.2. The minimum absolute atomic E-state index is 0.252. The summed E-state index contributed by atoms with van der Waals surface area (Å²) in [6.45, 7) is 0.368. The largest absolute Gasteiger partial charge is 0.478 e. The van der Waals surface area contributed by atoms with E-state index in [1.165, 1.54) is 7.11 Å². The van der Waals surface area contributed by atoms with Crippen LogP contribution in [0.15, 0.2) is 60.9 Å². The molecule has 0 fully saturated rings. The van der Waals surface area contributed by atoms with Gasteiger partial charge in [0, 0.05) is 36.0 Å². The summed E-state index contributed by atoms with van der Waals surface area (Å²) in [5.74, 6) is 0.787. The van der Waals surface area contributed by atoms with Crippen molar-refractivity contribution in [3.63, 3.8) is 0 Å². The van der Waals surface area contributed by atoms with Crippen molar-refractivity contribution in [1.82, 2.24) is 15.0 Å². The van der Waals surface area contributed by atoms with Crippen LogP contribution in [-0.4, -0.2) is 34.6 Å². The lowest BCUT2D eigenvalue weighted by Gasteiger charge is -2.10. The predicted octanol–water partition coefficient (Wildman–Crippen LogP) is 3.54. The van der Waals surface area contributed by atoms with Crippen LogP contribution < -0.4 is 4.74 Å². The molecule has 0 bridgehead atoms. The van der Waals surface area contributed by atoms with Crippen molar-refractivity contribution in [1.29, 1.82) is 0 Å². The molecule has 0 atom stereocenters. The molecule has 1 aromatic carbocycles. The molecular formula is C20H19N3O3. The van der Waals surface area contributed by atoms with Crippen LogP contribution in [0.2, 0.25) is 0 Å². The van der Waals surface area contributed by atoms with Gasteiger partial charge in [-0.15, -0.1) is 0 Å². The molecule has 0 saturated carbocycles. The Labute approximate surface area is 151 Å². The number of benzene rings is 1. The monoisotopic (exact) mass is 349 g/mol. The van der Waals surface area contributed by atoms with Gasteiger partial charge in [0.2, 0.25) is 5.88 Å². The molecule has 0 aliphatic heterocycles. The van der Waals surface area contributed by atoms with E-state index < -0.39 is 0 Å². The zero-order valence-electron chi connectivity index (χ0n) is 14.5. The maximum atomic E-state index is 11.2. The van der Waals surface area contributed by atoms with Gasteiger partial charge in [-0.25, -0.2) is 4.98 Å². The highest BCUT2D eigenvalue weighted by Gasteiger charge is 2.10. The van der Waals surface area contributed by atoms with E-state index in [9.17, 15) is 4.79 Å². The summed E-state index contributed by atoms with van der Waals surface area (Å²) in [5.41, 5.74) is 2.51. The second kappa shape index (κ2) is 8.71. The first kappa shape index (κ1) is 17.5. The van der Waals surface area contributed by atoms with E-state index >= 15 is 0 Å². The second-order valence-corrected chi connectivity index (χ2v) is 5.55. The SMILES string of the molecule is COC(=O)CCCOc1cc(-c2cccnc2)nc(-c2ccccc2)n1. The fraction of sp³-hybridized carbons (Fsp3) is 0.200. The molecule has 0 unspecified atom stereocenters. The Bertz CT molecular complexity index is 797. The molecule has 0 saturated heterocycles. The number of ether oxygens (including phenoxy) is 2. The number of esters is 1. The zero-order chi connectivity index (χ0) is 18.2. The Balaban J connectivity index is 1.85. The molecule has 0 radical (unpaired) electrons. The molecule has 2 aromatic heterocycles. The smallest absolute Gasteiger partial charge is 0.305 e. The van der Waals surface area contributed by atoms with E-state index in [0.717, 1.165) is 16.8 Å². The van der Waals surface area contributed by atoms with E-state index in [0.29, 0.717) is 31.2 Å². The van der Waals surface area contributed by atoms with Crippen LogP contribution in [0.3, 0.4) is 0 Å². The first-order valence-electron chi connectivity index (χ1n) is 8.31. The van der Waals surface area contributed by atoms with Crippen molar-refractivity contribution in [2.24, 2.45) is 0 Å². The van der Waals surface area contributed by atoms with E-state index in [4.69, 9.17) is 4.74 Å². The molecule has 0 amide bonds. The lowest BCUT2D eigenvalue weighted by Crippen LogP contribution is -2.06. The quantitative estimate of drug-likeness (QED) is 0.480. The van der Waals surface area contributed by atoms with Gasteiger partial charge in [-0.1, -0.05) is 30.3 Å². The topological polar surface area (TPSA) is 74.2 Å². The summed E-state index contributed by atoms with van der Waals surface area (Å²) < 4.78 is 10.4. The fourth-order valence-electron chi connectivity index (χ4n) is 2.37. The molecule has 2 heterocycles. The van der Waals surface area contributed by atoms with Gasteiger partial charge in [-0.3, -0.25) is 9.78 Å². The number of hydrogen-bond acceptors (Lipinski definition) is 6. The summed E-state index contributed by atoms with van der Waals surface area (Å²) in [6.07, 6.45) is 4.33. The van der Waals surface area contributed by atoms with E-state index in [-0.39, 0.29) is 5.97 Å². The normalized spacial score (nSPS) is 10.3. The van der Waals surface area contributed by atoms with Crippen molar-refractivity contribution in [2.45, 2.75) is 12.8 Å². The number of methoxy groups -OCH3 is 1. The Kier molecular flexibility index (Phi) is 5.88. The molecular weight excluding hydrogens is 330 g/mol. The van der Waals surface area contributed by atoms with Crippen LogP contribution in [-0.2, 0) is 9.53 Å². The first-order chi connectivity index (χ1) is 12.8. The highest BCUT2D eigenvalue weighted by atomic mass is 16.5. The predicted molar refractivity (Wildman–Crippen MR) is 97.4 cm³/mol. The van der Waals surface area contributed by atoms with Crippen LogP contribution in [0.25, 0.3) is 22.6 Å². The number of rotatable bonds is 7. The minimum atomic E-state index is -0.252. The average Bonchev–Trinajstić information content (AvgIpc) is 2.72. The van der Waals surface area contributed by atoms with E-state index in [1.54, 1.807) is 18.5 Å². The van der Waals surface area contributed by atoms with Gasteiger partial charge in [0.15, 0.2) is 5.82 Å². The average molecular weight is 349 g/mol. The number of nitrogens with zero attached hydrogens (tertiary/aromatic N) is 3. The van der Waals surface area contributed by atoms with Crippen molar-refractivity contribution >= 4 is 5.97 Å². The molecule has 132 valence electrons. The summed E-state index contributed by atoms with van der Waals surface area (Å²) in [5, 5.41) is 0. The highest BCUT2D eigenvalue weighted by Crippen LogP contribution is 2.25. The Morgan fingerprint density at radius 3 is 2.58 bits per heavy atom.